The lowest BCUT2D eigenvalue weighted by atomic mass is 10.1. The van der Waals surface area contributed by atoms with Gasteiger partial charge in [0.1, 0.15) is 0 Å². The Balaban J connectivity index is 2.99. The molecule has 0 aliphatic heterocycles. The number of benzene rings is 1. The van der Waals surface area contributed by atoms with E-state index in [1.54, 1.807) is 0 Å². The molecule has 1 rings (SSSR count). The number of carbonyl (C=O) groups is 2. The Labute approximate surface area is 159 Å². The molecule has 0 fully saturated rings. The van der Waals surface area contributed by atoms with E-state index in [0.29, 0.717) is 0 Å². The second kappa shape index (κ2) is 9.24. The standard InChI is InChI=1S/C14H19N2O10PS/c1-9(27(23,24)8-10(14(19)20)5-6-13(17)18)15-28(25,26)12-4-2-3-11(7-12)16(21)22/h2-4,7,9-10,15H,5-6,8H2,1H3,(H,17,18)(H,19,20)(H,23,24). The molecule has 0 spiro atoms. The molecule has 0 radical (unpaired) electrons. The van der Waals surface area contributed by atoms with Crippen molar-refractivity contribution in [2.45, 2.75) is 30.4 Å². The van der Waals surface area contributed by atoms with Gasteiger partial charge in [-0.1, -0.05) is 6.07 Å². The van der Waals surface area contributed by atoms with Crippen LogP contribution in [0.25, 0.3) is 0 Å². The van der Waals surface area contributed by atoms with Crippen LogP contribution in [0.4, 0.5) is 5.69 Å². The summed E-state index contributed by atoms with van der Waals surface area (Å²) >= 11 is 0. The minimum Gasteiger partial charge on any atom is -0.481 e. The summed E-state index contributed by atoms with van der Waals surface area (Å²) in [6.07, 6.45) is -1.78. The Morgan fingerprint density at radius 3 is 2.43 bits per heavy atom. The average molecular weight is 438 g/mol. The fourth-order valence-corrected chi connectivity index (χ4v) is 5.68. The van der Waals surface area contributed by atoms with Crippen LogP contribution in [-0.2, 0) is 24.2 Å². The van der Waals surface area contributed by atoms with Gasteiger partial charge in [0, 0.05) is 24.7 Å². The van der Waals surface area contributed by atoms with Crippen molar-refractivity contribution in [3.05, 3.63) is 34.4 Å². The average Bonchev–Trinajstić information content (AvgIpc) is 2.57. The molecular formula is C14H19N2O10PS. The highest BCUT2D eigenvalue weighted by Gasteiger charge is 2.36. The van der Waals surface area contributed by atoms with Crippen LogP contribution in [0.15, 0.2) is 29.2 Å². The third kappa shape index (κ3) is 6.68. The van der Waals surface area contributed by atoms with E-state index in [1.165, 1.54) is 0 Å². The third-order valence-electron chi connectivity index (χ3n) is 3.81. The molecule has 0 aliphatic rings. The van der Waals surface area contributed by atoms with E-state index in [2.05, 4.69) is 0 Å². The number of nitrogens with zero attached hydrogens (tertiary/aromatic N) is 1. The van der Waals surface area contributed by atoms with Gasteiger partial charge >= 0.3 is 11.9 Å². The molecule has 1 aromatic carbocycles. The van der Waals surface area contributed by atoms with Crippen LogP contribution in [0.3, 0.4) is 0 Å². The van der Waals surface area contributed by atoms with E-state index in [4.69, 9.17) is 10.2 Å². The minimum absolute atomic E-state index is 0.403. The Kier molecular flexibility index (Phi) is 7.82. The van der Waals surface area contributed by atoms with Crippen LogP contribution in [-0.4, -0.2) is 52.3 Å². The van der Waals surface area contributed by atoms with Crippen LogP contribution in [0, 0.1) is 16.0 Å². The van der Waals surface area contributed by atoms with Crippen molar-refractivity contribution >= 4 is 35.0 Å². The van der Waals surface area contributed by atoms with E-state index in [9.17, 15) is 37.6 Å². The van der Waals surface area contributed by atoms with Crippen LogP contribution in [0.1, 0.15) is 19.8 Å². The number of nitro benzene ring substituents is 1. The molecule has 0 aromatic heterocycles. The largest absolute Gasteiger partial charge is 0.481 e. The molecule has 0 bridgehead atoms. The van der Waals surface area contributed by atoms with Gasteiger partial charge in [0.25, 0.3) is 5.69 Å². The number of aliphatic carboxylic acids is 2. The molecule has 0 saturated carbocycles. The van der Waals surface area contributed by atoms with Crippen molar-refractivity contribution in [1.82, 2.24) is 4.72 Å². The predicted molar refractivity (Wildman–Crippen MR) is 95.6 cm³/mol. The molecule has 1 aromatic rings. The van der Waals surface area contributed by atoms with Gasteiger partial charge < -0.3 is 15.1 Å². The first-order valence-corrected chi connectivity index (χ1v) is 11.2. The van der Waals surface area contributed by atoms with Crippen molar-refractivity contribution in [2.24, 2.45) is 5.92 Å². The normalized spacial score (nSPS) is 15.9. The topological polar surface area (TPSA) is 201 Å². The van der Waals surface area contributed by atoms with Gasteiger partial charge in [0.15, 0.2) is 0 Å². The first kappa shape index (κ1) is 23.7. The van der Waals surface area contributed by atoms with E-state index in [1.807, 2.05) is 4.72 Å². The molecule has 0 aliphatic carbocycles. The van der Waals surface area contributed by atoms with Crippen molar-refractivity contribution in [3.63, 3.8) is 0 Å². The SMILES string of the molecule is CC(NS(=O)(=O)c1cccc([N+](=O)[O-])c1)P(=O)(O)CC(CCC(=O)O)C(=O)O. The highest BCUT2D eigenvalue weighted by molar-refractivity contribution is 7.90. The lowest BCUT2D eigenvalue weighted by molar-refractivity contribution is -0.385. The number of hydrogen-bond acceptors (Lipinski definition) is 7. The molecular weight excluding hydrogens is 419 g/mol. The first-order valence-electron chi connectivity index (χ1n) is 7.79. The maximum atomic E-state index is 12.5. The molecule has 0 amide bonds. The van der Waals surface area contributed by atoms with Crippen LogP contribution in [0.2, 0.25) is 0 Å². The molecule has 14 heteroatoms. The van der Waals surface area contributed by atoms with Crippen LogP contribution < -0.4 is 4.72 Å². The molecule has 3 unspecified atom stereocenters. The van der Waals surface area contributed by atoms with Gasteiger partial charge in [-0.15, -0.1) is 0 Å². The number of carboxylic acid groups (broad SMARTS) is 2. The lowest BCUT2D eigenvalue weighted by Gasteiger charge is -2.23. The molecule has 0 saturated heterocycles. The fraction of sp³-hybridized carbons (Fsp3) is 0.429. The Morgan fingerprint density at radius 1 is 1.32 bits per heavy atom. The quantitative estimate of drug-likeness (QED) is 0.220. The van der Waals surface area contributed by atoms with Gasteiger partial charge in [-0.25, -0.2) is 8.42 Å². The summed E-state index contributed by atoms with van der Waals surface area (Å²) in [6, 6.07) is 4.02. The molecule has 12 nitrogen and oxygen atoms in total. The smallest absolute Gasteiger partial charge is 0.307 e. The zero-order chi connectivity index (χ0) is 21.7. The summed E-state index contributed by atoms with van der Waals surface area (Å²) in [5.41, 5.74) is -0.498. The summed E-state index contributed by atoms with van der Waals surface area (Å²) in [4.78, 5) is 41.4. The Morgan fingerprint density at radius 2 is 1.93 bits per heavy atom. The number of nitro groups is 1. The van der Waals surface area contributed by atoms with Crippen molar-refractivity contribution in [3.8, 4) is 0 Å². The zero-order valence-electron chi connectivity index (χ0n) is 14.6. The highest BCUT2D eigenvalue weighted by atomic mass is 32.2. The van der Waals surface area contributed by atoms with Gasteiger partial charge in [-0.05, 0) is 19.4 Å². The minimum atomic E-state index is -4.41. The predicted octanol–water partition coefficient (Wildman–Crippen LogP) is 1.06. The summed E-state index contributed by atoms with van der Waals surface area (Å²) in [6.45, 7) is 1.05. The van der Waals surface area contributed by atoms with Crippen LogP contribution in [0.5, 0.6) is 0 Å². The van der Waals surface area contributed by atoms with Gasteiger partial charge in [-0.2, -0.15) is 4.72 Å². The van der Waals surface area contributed by atoms with E-state index in [-0.39, 0.29) is 0 Å². The summed E-state index contributed by atoms with van der Waals surface area (Å²) in [5, 5.41) is 28.5. The van der Waals surface area contributed by atoms with Gasteiger partial charge in [-0.3, -0.25) is 24.3 Å². The lowest BCUT2D eigenvalue weighted by Crippen LogP contribution is -2.34. The molecule has 3 atom stereocenters. The Hall–Kier alpha value is -2.34. The number of carboxylic acids is 2. The first-order chi connectivity index (χ1) is 12.8. The summed E-state index contributed by atoms with van der Waals surface area (Å²) in [7, 11) is -8.81. The van der Waals surface area contributed by atoms with E-state index in [0.717, 1.165) is 31.2 Å². The summed E-state index contributed by atoms with van der Waals surface area (Å²) in [5.74, 6) is -5.83. The summed E-state index contributed by atoms with van der Waals surface area (Å²) < 4.78 is 39.1. The van der Waals surface area contributed by atoms with Crippen molar-refractivity contribution in [2.75, 3.05) is 6.16 Å². The number of non-ortho nitro benzene ring substituents is 1. The molecule has 156 valence electrons. The maximum Gasteiger partial charge on any atom is 0.307 e. The number of sulfonamides is 1. The molecule has 0 heterocycles. The van der Waals surface area contributed by atoms with Crippen molar-refractivity contribution in [1.29, 1.82) is 0 Å². The van der Waals surface area contributed by atoms with Gasteiger partial charge in [0.2, 0.25) is 17.4 Å². The third-order valence-corrected chi connectivity index (χ3v) is 7.82. The molecule has 4 N–H and O–H groups in total. The highest BCUT2D eigenvalue weighted by Crippen LogP contribution is 2.47. The zero-order valence-corrected chi connectivity index (χ0v) is 16.3. The second-order valence-corrected chi connectivity index (χ2v) is 10.3. The fourth-order valence-electron chi connectivity index (χ4n) is 2.20. The van der Waals surface area contributed by atoms with E-state index >= 15 is 0 Å². The molecule has 28 heavy (non-hydrogen) atoms. The van der Waals surface area contributed by atoms with Crippen molar-refractivity contribution < 1.29 is 42.6 Å². The number of rotatable bonds is 11. The second-order valence-electron chi connectivity index (χ2n) is 5.96. The van der Waals surface area contributed by atoms with E-state index < -0.39 is 75.5 Å². The van der Waals surface area contributed by atoms with Crippen LogP contribution >= 0.6 is 7.37 Å². The monoisotopic (exact) mass is 438 g/mol. The number of nitrogens with one attached hydrogen (secondary N) is 1. The number of hydrogen-bond donors (Lipinski definition) is 4. The maximum absolute atomic E-state index is 12.5. The Bertz CT molecular complexity index is 916. The van der Waals surface area contributed by atoms with Gasteiger partial charge in [0.05, 0.1) is 21.5 Å².